The van der Waals surface area contributed by atoms with E-state index < -0.39 is 18.2 Å². The monoisotopic (exact) mass is 445 g/mol. The van der Waals surface area contributed by atoms with E-state index in [1.165, 1.54) is 12.1 Å². The van der Waals surface area contributed by atoms with Crippen LogP contribution >= 0.6 is 0 Å². The number of aromatic nitrogens is 1. The number of pyridine rings is 1. The maximum Gasteiger partial charge on any atom is 0.309 e. The molecule has 0 unspecified atom stereocenters. The summed E-state index contributed by atoms with van der Waals surface area (Å²) >= 11 is 0. The molecule has 1 fully saturated rings. The Balaban J connectivity index is 1.89. The zero-order chi connectivity index (χ0) is 23.6. The third-order valence-corrected chi connectivity index (χ3v) is 5.72. The maximum absolute atomic E-state index is 13.7. The lowest BCUT2D eigenvalue weighted by Crippen LogP contribution is -2.31. The number of carbonyl (C=O) groups is 1. The minimum atomic E-state index is -0.710. The summed E-state index contributed by atoms with van der Waals surface area (Å²) in [5.74, 6) is -0.718. The van der Waals surface area contributed by atoms with Crippen molar-refractivity contribution in [1.29, 1.82) is 0 Å². The Morgan fingerprint density at radius 3 is 2.39 bits per heavy atom. The summed E-state index contributed by atoms with van der Waals surface area (Å²) in [5, 5.41) is 9.97. The first-order chi connectivity index (χ1) is 15.7. The lowest BCUT2D eigenvalue weighted by molar-refractivity contribution is -0.156. The van der Waals surface area contributed by atoms with Crippen molar-refractivity contribution < 1.29 is 19.0 Å². The van der Waals surface area contributed by atoms with Gasteiger partial charge in [0.05, 0.1) is 23.9 Å². The summed E-state index contributed by atoms with van der Waals surface area (Å²) in [4.78, 5) is 16.8. The molecule has 4 rings (SSSR count). The molecule has 1 saturated heterocycles. The molecule has 4 nitrogen and oxygen atoms in total. The number of carbonyl (C=O) groups excluding carboxylic acids is 1. The van der Waals surface area contributed by atoms with E-state index in [1.807, 2.05) is 42.5 Å². The Morgan fingerprint density at radius 1 is 1.06 bits per heavy atom. The Morgan fingerprint density at radius 2 is 1.76 bits per heavy atom. The van der Waals surface area contributed by atoms with Gasteiger partial charge in [0.25, 0.3) is 0 Å². The summed E-state index contributed by atoms with van der Waals surface area (Å²) in [6.45, 7) is 6.40. The topological polar surface area (TPSA) is 59.4 Å². The number of cyclic esters (lactones) is 1. The maximum atomic E-state index is 13.7. The highest BCUT2D eigenvalue weighted by molar-refractivity contribution is 5.79. The Labute approximate surface area is 193 Å². The predicted molar refractivity (Wildman–Crippen MR) is 128 cm³/mol. The summed E-state index contributed by atoms with van der Waals surface area (Å²) in [7, 11) is 0. The minimum Gasteiger partial charge on any atom is -0.458 e. The lowest BCUT2D eigenvalue weighted by atomic mass is 9.81. The fourth-order valence-electron chi connectivity index (χ4n) is 4.06. The molecule has 33 heavy (non-hydrogen) atoms. The molecule has 2 aromatic carbocycles. The number of ether oxygens (including phenoxy) is 1. The first-order valence-electron chi connectivity index (χ1n) is 11.1. The fourth-order valence-corrected chi connectivity index (χ4v) is 4.06. The SMILES string of the molecule is CC(C)(C)c1cc(-c2ccccc2)nc(-c2ccc(F)cc2)c1C=C[C@@H]1C[C@@H](O)CC(=O)O1. The summed E-state index contributed by atoms with van der Waals surface area (Å²) in [5.41, 5.74) is 5.06. The molecule has 1 aromatic heterocycles. The second-order valence-electron chi connectivity index (χ2n) is 9.42. The zero-order valence-electron chi connectivity index (χ0n) is 19.1. The van der Waals surface area contributed by atoms with Crippen molar-refractivity contribution in [2.24, 2.45) is 0 Å². The van der Waals surface area contributed by atoms with Crippen molar-refractivity contribution in [3.63, 3.8) is 0 Å². The van der Waals surface area contributed by atoms with E-state index in [1.54, 1.807) is 12.1 Å². The molecule has 0 aliphatic carbocycles. The van der Waals surface area contributed by atoms with Gasteiger partial charge in [-0.15, -0.1) is 0 Å². The first-order valence-corrected chi connectivity index (χ1v) is 11.1. The molecule has 5 heteroatoms. The molecular formula is C28H28FNO3. The molecule has 1 aliphatic heterocycles. The van der Waals surface area contributed by atoms with Crippen molar-refractivity contribution in [3.8, 4) is 22.5 Å². The summed E-state index contributed by atoms with van der Waals surface area (Å²) in [6.07, 6.45) is 2.88. The normalized spacial score (nSPS) is 19.0. The number of hydrogen-bond donors (Lipinski definition) is 1. The quantitative estimate of drug-likeness (QED) is 0.506. The highest BCUT2D eigenvalue weighted by Gasteiger charge is 2.27. The minimum absolute atomic E-state index is 0.0196. The van der Waals surface area contributed by atoms with Crippen LogP contribution in [0.1, 0.15) is 44.7 Å². The van der Waals surface area contributed by atoms with Crippen molar-refractivity contribution in [2.75, 3.05) is 0 Å². The van der Waals surface area contributed by atoms with Crippen LogP contribution in [0, 0.1) is 5.82 Å². The summed E-state index contributed by atoms with van der Waals surface area (Å²) < 4.78 is 19.1. The van der Waals surface area contributed by atoms with Gasteiger partial charge in [-0.3, -0.25) is 4.79 Å². The fraction of sp³-hybridized carbons (Fsp3) is 0.286. The van der Waals surface area contributed by atoms with Crippen LogP contribution in [0.5, 0.6) is 0 Å². The number of esters is 1. The Kier molecular flexibility index (Phi) is 6.43. The van der Waals surface area contributed by atoms with Gasteiger partial charge < -0.3 is 9.84 Å². The smallest absolute Gasteiger partial charge is 0.309 e. The van der Waals surface area contributed by atoms with Crippen molar-refractivity contribution >= 4 is 12.0 Å². The lowest BCUT2D eigenvalue weighted by Gasteiger charge is -2.26. The van der Waals surface area contributed by atoms with Gasteiger partial charge >= 0.3 is 5.97 Å². The third-order valence-electron chi connectivity index (χ3n) is 5.72. The molecular weight excluding hydrogens is 417 g/mol. The van der Waals surface area contributed by atoms with E-state index in [-0.39, 0.29) is 17.7 Å². The highest BCUT2D eigenvalue weighted by atomic mass is 19.1. The van der Waals surface area contributed by atoms with E-state index >= 15 is 0 Å². The van der Waals surface area contributed by atoms with Crippen LogP contribution in [0.3, 0.4) is 0 Å². The van der Waals surface area contributed by atoms with Gasteiger partial charge in [-0.1, -0.05) is 57.2 Å². The first kappa shape index (κ1) is 22.9. The molecule has 3 aromatic rings. The molecule has 0 radical (unpaired) electrons. The average Bonchev–Trinajstić information content (AvgIpc) is 2.77. The molecule has 1 aliphatic rings. The van der Waals surface area contributed by atoms with Crippen LogP contribution in [0.4, 0.5) is 4.39 Å². The third kappa shape index (κ3) is 5.37. The molecule has 0 spiro atoms. The van der Waals surface area contributed by atoms with Gasteiger partial charge in [-0.2, -0.15) is 0 Å². The van der Waals surface area contributed by atoms with Gasteiger partial charge in [-0.05, 0) is 47.4 Å². The molecule has 0 bridgehead atoms. The second-order valence-corrected chi connectivity index (χ2v) is 9.42. The Bertz CT molecular complexity index is 1160. The standard InChI is InChI=1S/C28H28FNO3/c1-28(2,3)24-17-25(18-7-5-4-6-8-18)30-27(19-9-11-20(29)12-10-19)23(24)14-13-22-15-21(31)16-26(32)33-22/h4-14,17,21-22,31H,15-16H2,1-3H3/t21-,22-/m1/s1. The van der Waals surface area contributed by atoms with E-state index in [2.05, 4.69) is 26.8 Å². The van der Waals surface area contributed by atoms with Crippen LogP contribution in [-0.4, -0.2) is 28.3 Å². The number of benzene rings is 2. The van der Waals surface area contributed by atoms with E-state index in [0.717, 1.165) is 33.6 Å². The molecule has 170 valence electrons. The van der Waals surface area contributed by atoms with Crippen LogP contribution in [0.15, 0.2) is 66.7 Å². The average molecular weight is 446 g/mol. The molecule has 1 N–H and O–H groups in total. The number of aliphatic hydroxyl groups excluding tert-OH is 1. The second kappa shape index (κ2) is 9.28. The number of rotatable bonds is 4. The zero-order valence-corrected chi connectivity index (χ0v) is 19.1. The van der Waals surface area contributed by atoms with Crippen molar-refractivity contribution in [2.45, 2.75) is 51.2 Å². The van der Waals surface area contributed by atoms with E-state index in [9.17, 15) is 14.3 Å². The van der Waals surface area contributed by atoms with Crippen LogP contribution in [-0.2, 0) is 14.9 Å². The van der Waals surface area contributed by atoms with Gasteiger partial charge in [-0.25, -0.2) is 9.37 Å². The largest absolute Gasteiger partial charge is 0.458 e. The van der Waals surface area contributed by atoms with Gasteiger partial charge in [0, 0.05) is 23.1 Å². The number of halogens is 1. The van der Waals surface area contributed by atoms with Crippen molar-refractivity contribution in [3.05, 3.63) is 83.7 Å². The van der Waals surface area contributed by atoms with Crippen LogP contribution in [0.25, 0.3) is 28.6 Å². The number of aliphatic hydroxyl groups is 1. The molecule has 2 atom stereocenters. The van der Waals surface area contributed by atoms with E-state index in [0.29, 0.717) is 6.42 Å². The van der Waals surface area contributed by atoms with Gasteiger partial charge in [0.15, 0.2) is 0 Å². The van der Waals surface area contributed by atoms with Gasteiger partial charge in [0.2, 0.25) is 0 Å². The Hall–Kier alpha value is -3.31. The number of nitrogens with zero attached hydrogens (tertiary/aromatic N) is 1. The molecule has 2 heterocycles. The number of hydrogen-bond acceptors (Lipinski definition) is 4. The molecule has 0 saturated carbocycles. The van der Waals surface area contributed by atoms with Crippen molar-refractivity contribution in [1.82, 2.24) is 4.98 Å². The van der Waals surface area contributed by atoms with Crippen LogP contribution in [0.2, 0.25) is 0 Å². The van der Waals surface area contributed by atoms with Gasteiger partial charge in [0.1, 0.15) is 11.9 Å². The molecule has 0 amide bonds. The van der Waals surface area contributed by atoms with E-state index in [4.69, 9.17) is 9.72 Å². The summed E-state index contributed by atoms with van der Waals surface area (Å²) in [6, 6.07) is 18.3. The highest BCUT2D eigenvalue weighted by Crippen LogP contribution is 2.36. The van der Waals surface area contributed by atoms with Crippen LogP contribution < -0.4 is 0 Å². The predicted octanol–water partition coefficient (Wildman–Crippen LogP) is 5.93.